The van der Waals surface area contributed by atoms with Crippen molar-refractivity contribution in [3.05, 3.63) is 34.6 Å². The number of aryl methyl sites for hydroxylation is 1. The highest BCUT2D eigenvalue weighted by atomic mass is 16.4. The molecule has 1 aromatic carbocycles. The highest BCUT2D eigenvalue weighted by Gasteiger charge is 2.25. The van der Waals surface area contributed by atoms with Gasteiger partial charge in [-0.25, -0.2) is 4.68 Å². The molecule has 0 aliphatic heterocycles. The van der Waals surface area contributed by atoms with Gasteiger partial charge in [-0.3, -0.25) is 14.4 Å². The standard InChI is InChI=1S/C19H24N4O4/c24-17(20-12-13-7-9-14(10-8-13)19(26)27)6-3-11-23-18(25)15-4-1-2-5-16(15)21-22-23/h1-2,4-5,13-14H,3,6-12H2,(H,20,24)(H,26,27). The number of aliphatic carboxylic acids is 1. The molecule has 0 atom stereocenters. The number of carboxylic acid groups (broad SMARTS) is 1. The molecule has 2 aromatic rings. The number of rotatable bonds is 7. The summed E-state index contributed by atoms with van der Waals surface area (Å²) in [4.78, 5) is 35.3. The van der Waals surface area contributed by atoms with E-state index in [1.165, 1.54) is 4.68 Å². The summed E-state index contributed by atoms with van der Waals surface area (Å²) < 4.78 is 1.29. The summed E-state index contributed by atoms with van der Waals surface area (Å²) in [6, 6.07) is 7.05. The maximum absolute atomic E-state index is 12.3. The van der Waals surface area contributed by atoms with E-state index in [0.29, 0.717) is 55.6 Å². The molecule has 27 heavy (non-hydrogen) atoms. The van der Waals surface area contributed by atoms with Crippen LogP contribution >= 0.6 is 0 Å². The first-order valence-corrected chi connectivity index (χ1v) is 9.36. The van der Waals surface area contributed by atoms with Gasteiger partial charge in [0.05, 0.1) is 11.3 Å². The molecule has 2 N–H and O–H groups in total. The van der Waals surface area contributed by atoms with E-state index >= 15 is 0 Å². The Hall–Kier alpha value is -2.77. The third-order valence-corrected chi connectivity index (χ3v) is 5.19. The zero-order valence-electron chi connectivity index (χ0n) is 15.1. The highest BCUT2D eigenvalue weighted by Crippen LogP contribution is 2.28. The van der Waals surface area contributed by atoms with E-state index in [0.717, 1.165) is 12.8 Å². The van der Waals surface area contributed by atoms with E-state index in [1.54, 1.807) is 24.3 Å². The first-order valence-electron chi connectivity index (χ1n) is 9.36. The Kier molecular flexibility index (Phi) is 6.16. The van der Waals surface area contributed by atoms with Gasteiger partial charge in [-0.15, -0.1) is 5.10 Å². The maximum atomic E-state index is 12.3. The Morgan fingerprint density at radius 2 is 1.93 bits per heavy atom. The van der Waals surface area contributed by atoms with Gasteiger partial charge in [0.25, 0.3) is 5.56 Å². The van der Waals surface area contributed by atoms with Crippen molar-refractivity contribution in [1.29, 1.82) is 0 Å². The minimum atomic E-state index is -0.718. The van der Waals surface area contributed by atoms with Crippen molar-refractivity contribution < 1.29 is 14.7 Å². The predicted octanol–water partition coefficient (Wildman–Crippen LogP) is 1.58. The molecule has 0 bridgehead atoms. The van der Waals surface area contributed by atoms with Crippen molar-refractivity contribution in [2.75, 3.05) is 6.54 Å². The lowest BCUT2D eigenvalue weighted by Crippen LogP contribution is -2.32. The van der Waals surface area contributed by atoms with Crippen LogP contribution in [0.3, 0.4) is 0 Å². The number of fused-ring (bicyclic) bond motifs is 1. The number of benzene rings is 1. The number of hydrogen-bond acceptors (Lipinski definition) is 5. The summed E-state index contributed by atoms with van der Waals surface area (Å²) in [5, 5.41) is 20.4. The lowest BCUT2D eigenvalue weighted by atomic mass is 9.82. The fourth-order valence-electron chi connectivity index (χ4n) is 3.52. The molecule has 1 aliphatic carbocycles. The van der Waals surface area contributed by atoms with Crippen molar-refractivity contribution in [2.24, 2.45) is 11.8 Å². The molecule has 0 unspecified atom stereocenters. The average molecular weight is 372 g/mol. The SMILES string of the molecule is O=C(CCCn1nnc2ccccc2c1=O)NCC1CCC(C(=O)O)CC1. The molecule has 0 radical (unpaired) electrons. The van der Waals surface area contributed by atoms with E-state index < -0.39 is 5.97 Å². The lowest BCUT2D eigenvalue weighted by molar-refractivity contribution is -0.143. The summed E-state index contributed by atoms with van der Waals surface area (Å²) in [5.74, 6) is -0.668. The molecule has 0 spiro atoms. The normalized spacial score (nSPS) is 19.7. The number of nitrogens with zero attached hydrogens (tertiary/aromatic N) is 3. The third-order valence-electron chi connectivity index (χ3n) is 5.19. The van der Waals surface area contributed by atoms with Gasteiger partial charge in [-0.05, 0) is 50.2 Å². The second-order valence-corrected chi connectivity index (χ2v) is 7.10. The van der Waals surface area contributed by atoms with Crippen LogP contribution in [0.1, 0.15) is 38.5 Å². The number of carbonyl (C=O) groups excluding carboxylic acids is 1. The summed E-state index contributed by atoms with van der Waals surface area (Å²) in [7, 11) is 0. The lowest BCUT2D eigenvalue weighted by Gasteiger charge is -2.26. The van der Waals surface area contributed by atoms with Gasteiger partial charge in [0.2, 0.25) is 5.91 Å². The fourth-order valence-corrected chi connectivity index (χ4v) is 3.52. The molecule has 144 valence electrons. The Morgan fingerprint density at radius 1 is 1.19 bits per heavy atom. The number of carboxylic acids is 1. The monoisotopic (exact) mass is 372 g/mol. The minimum Gasteiger partial charge on any atom is -0.481 e. The quantitative estimate of drug-likeness (QED) is 0.763. The summed E-state index contributed by atoms with van der Waals surface area (Å²) in [6.07, 6.45) is 3.84. The number of hydrogen-bond donors (Lipinski definition) is 2. The Bertz CT molecular complexity index is 871. The molecule has 8 heteroatoms. The minimum absolute atomic E-state index is 0.0582. The molecular weight excluding hydrogens is 348 g/mol. The molecule has 3 rings (SSSR count). The molecule has 1 aliphatic rings. The fraction of sp³-hybridized carbons (Fsp3) is 0.526. The molecule has 1 heterocycles. The van der Waals surface area contributed by atoms with Gasteiger partial charge >= 0.3 is 5.97 Å². The van der Waals surface area contributed by atoms with Crippen molar-refractivity contribution in [2.45, 2.75) is 45.1 Å². The summed E-state index contributed by atoms with van der Waals surface area (Å²) in [5.41, 5.74) is 0.366. The molecule has 1 fully saturated rings. The van der Waals surface area contributed by atoms with Crippen molar-refractivity contribution in [1.82, 2.24) is 20.3 Å². The van der Waals surface area contributed by atoms with Crippen LogP contribution in [-0.4, -0.2) is 38.5 Å². The first kappa shape index (κ1) is 19.0. The first-order chi connectivity index (χ1) is 13.0. The van der Waals surface area contributed by atoms with Crippen molar-refractivity contribution in [3.63, 3.8) is 0 Å². The second kappa shape index (κ2) is 8.75. The summed E-state index contributed by atoms with van der Waals surface area (Å²) in [6.45, 7) is 0.925. The van der Waals surface area contributed by atoms with E-state index in [2.05, 4.69) is 15.6 Å². The largest absolute Gasteiger partial charge is 0.481 e. The molecular formula is C19H24N4O4. The number of carbonyl (C=O) groups is 2. The molecule has 1 amide bonds. The highest BCUT2D eigenvalue weighted by molar-refractivity contribution is 5.76. The van der Waals surface area contributed by atoms with Gasteiger partial charge in [0, 0.05) is 19.5 Å². The van der Waals surface area contributed by atoms with Crippen LogP contribution < -0.4 is 10.9 Å². The van der Waals surface area contributed by atoms with E-state index in [1.807, 2.05) is 0 Å². The second-order valence-electron chi connectivity index (χ2n) is 7.10. The van der Waals surface area contributed by atoms with Crippen molar-refractivity contribution in [3.8, 4) is 0 Å². The summed E-state index contributed by atoms with van der Waals surface area (Å²) >= 11 is 0. The zero-order chi connectivity index (χ0) is 19.2. The predicted molar refractivity (Wildman–Crippen MR) is 99.1 cm³/mol. The number of amides is 1. The van der Waals surface area contributed by atoms with E-state index in [-0.39, 0.29) is 17.4 Å². The van der Waals surface area contributed by atoms with Gasteiger partial charge in [0.15, 0.2) is 0 Å². The van der Waals surface area contributed by atoms with Gasteiger partial charge in [-0.2, -0.15) is 0 Å². The van der Waals surface area contributed by atoms with Crippen molar-refractivity contribution >= 4 is 22.8 Å². The number of aromatic nitrogens is 3. The number of nitrogens with one attached hydrogen (secondary N) is 1. The zero-order valence-corrected chi connectivity index (χ0v) is 15.1. The maximum Gasteiger partial charge on any atom is 0.306 e. The topological polar surface area (TPSA) is 114 Å². The van der Waals surface area contributed by atoms with Gasteiger partial charge in [-0.1, -0.05) is 17.3 Å². The van der Waals surface area contributed by atoms with E-state index in [9.17, 15) is 14.4 Å². The van der Waals surface area contributed by atoms with E-state index in [4.69, 9.17) is 5.11 Å². The smallest absolute Gasteiger partial charge is 0.306 e. The Balaban J connectivity index is 1.41. The van der Waals surface area contributed by atoms with Gasteiger partial charge in [0.1, 0.15) is 5.52 Å². The Morgan fingerprint density at radius 3 is 2.67 bits per heavy atom. The van der Waals surface area contributed by atoms with Gasteiger partial charge < -0.3 is 10.4 Å². The molecule has 0 saturated heterocycles. The van der Waals surface area contributed by atoms with Crippen LogP contribution in [0.25, 0.3) is 10.9 Å². The van der Waals surface area contributed by atoms with Crippen LogP contribution in [0.5, 0.6) is 0 Å². The van der Waals surface area contributed by atoms with Crippen LogP contribution in [0, 0.1) is 11.8 Å². The Labute approximate surface area is 156 Å². The molecule has 1 saturated carbocycles. The van der Waals surface area contributed by atoms with Crippen LogP contribution in [0.4, 0.5) is 0 Å². The third kappa shape index (κ3) is 4.90. The van der Waals surface area contributed by atoms with Crippen LogP contribution in [0.15, 0.2) is 29.1 Å². The molecule has 8 nitrogen and oxygen atoms in total. The van der Waals surface area contributed by atoms with Crippen LogP contribution in [-0.2, 0) is 16.1 Å². The average Bonchev–Trinajstić information content (AvgIpc) is 2.68. The van der Waals surface area contributed by atoms with Crippen LogP contribution in [0.2, 0.25) is 0 Å². The molecule has 1 aromatic heterocycles.